The van der Waals surface area contributed by atoms with Crippen LogP contribution in [0.1, 0.15) is 38.2 Å². The van der Waals surface area contributed by atoms with Crippen molar-refractivity contribution in [3.8, 4) is 0 Å². The van der Waals surface area contributed by atoms with E-state index in [0.29, 0.717) is 6.04 Å². The van der Waals surface area contributed by atoms with Crippen molar-refractivity contribution in [3.63, 3.8) is 0 Å². The zero-order valence-corrected chi connectivity index (χ0v) is 21.1. The average Bonchev–Trinajstić information content (AvgIpc) is 3.24. The van der Waals surface area contributed by atoms with Gasteiger partial charge in [0.2, 0.25) is 5.95 Å². The highest BCUT2D eigenvalue weighted by molar-refractivity contribution is 5.91. The maximum atomic E-state index is 13.2. The van der Waals surface area contributed by atoms with E-state index in [9.17, 15) is 13.2 Å². The molecule has 0 aliphatic carbocycles. The highest BCUT2D eigenvalue weighted by atomic mass is 35.5. The summed E-state index contributed by atoms with van der Waals surface area (Å²) in [6, 6.07) is 11.4. The van der Waals surface area contributed by atoms with Gasteiger partial charge in [-0.1, -0.05) is 31.9 Å². The lowest BCUT2D eigenvalue weighted by molar-refractivity contribution is -0.137. The number of unbranched alkanes of at least 4 members (excludes halogenated alkanes) is 2. The number of nitrogens with two attached hydrogens (primary N) is 1. The van der Waals surface area contributed by atoms with Crippen LogP contribution < -0.4 is 21.3 Å². The lowest BCUT2D eigenvalue weighted by Gasteiger charge is -2.21. The molecule has 1 unspecified atom stereocenters. The minimum Gasteiger partial charge on any atom is -0.399 e. The van der Waals surface area contributed by atoms with E-state index in [1.807, 2.05) is 24.3 Å². The van der Waals surface area contributed by atoms with Crippen molar-refractivity contribution >= 4 is 58.9 Å². The Morgan fingerprint density at radius 2 is 1.86 bits per heavy atom. The van der Waals surface area contributed by atoms with Crippen molar-refractivity contribution in [2.75, 3.05) is 35.6 Å². The Bertz CT molecular complexity index is 1110. The molecule has 4 rings (SSSR count). The van der Waals surface area contributed by atoms with Crippen LogP contribution >= 0.6 is 24.8 Å². The van der Waals surface area contributed by atoms with Crippen molar-refractivity contribution in [1.82, 2.24) is 15.3 Å². The molecule has 2 heterocycles. The maximum absolute atomic E-state index is 13.2. The molecule has 0 amide bonds. The zero-order valence-electron chi connectivity index (χ0n) is 19.4. The summed E-state index contributed by atoms with van der Waals surface area (Å²) in [6.07, 6.45) is 0.0959. The molecule has 1 aliphatic rings. The Labute approximate surface area is 215 Å². The first-order valence-electron chi connectivity index (χ1n) is 11.3. The van der Waals surface area contributed by atoms with Crippen LogP contribution in [0.15, 0.2) is 42.5 Å². The number of aromatic nitrogens is 2. The summed E-state index contributed by atoms with van der Waals surface area (Å²) >= 11 is 0. The number of fused-ring (bicyclic) bond motifs is 1. The summed E-state index contributed by atoms with van der Waals surface area (Å²) in [4.78, 5) is 11.4. The average molecular weight is 531 g/mol. The smallest absolute Gasteiger partial charge is 0.399 e. The van der Waals surface area contributed by atoms with Crippen molar-refractivity contribution in [1.29, 1.82) is 0 Å². The summed E-state index contributed by atoms with van der Waals surface area (Å²) in [7, 11) is 0. The van der Waals surface area contributed by atoms with Gasteiger partial charge in [-0.3, -0.25) is 0 Å². The third kappa shape index (κ3) is 7.25. The van der Waals surface area contributed by atoms with Crippen molar-refractivity contribution in [2.24, 2.45) is 0 Å². The molecule has 0 radical (unpaired) electrons. The van der Waals surface area contributed by atoms with Crippen LogP contribution in [-0.2, 0) is 6.18 Å². The normalized spacial score (nSPS) is 15.5. The second-order valence-corrected chi connectivity index (χ2v) is 8.45. The predicted octanol–water partition coefficient (Wildman–Crippen LogP) is 6.18. The fourth-order valence-corrected chi connectivity index (χ4v) is 4.17. The van der Waals surface area contributed by atoms with Crippen LogP contribution in [0.25, 0.3) is 10.9 Å². The first kappa shape index (κ1) is 28.7. The molecular weight excluding hydrogens is 500 g/mol. The molecule has 0 spiro atoms. The largest absolute Gasteiger partial charge is 0.416 e. The van der Waals surface area contributed by atoms with Crippen molar-refractivity contribution < 1.29 is 13.2 Å². The van der Waals surface area contributed by atoms with Gasteiger partial charge in [0, 0.05) is 35.9 Å². The Morgan fingerprint density at radius 1 is 1.09 bits per heavy atom. The second-order valence-electron chi connectivity index (χ2n) is 8.45. The van der Waals surface area contributed by atoms with E-state index in [1.165, 1.54) is 18.9 Å². The summed E-state index contributed by atoms with van der Waals surface area (Å²) in [5.74, 6) is 1.02. The Hall–Kier alpha value is -2.49. The molecule has 1 aromatic heterocycles. The van der Waals surface area contributed by atoms with Gasteiger partial charge >= 0.3 is 6.18 Å². The van der Waals surface area contributed by atoms with Gasteiger partial charge in [-0.15, -0.1) is 24.8 Å². The molecule has 1 fully saturated rings. The lowest BCUT2D eigenvalue weighted by atomic mass is 10.1. The Morgan fingerprint density at radius 3 is 2.60 bits per heavy atom. The zero-order chi connectivity index (χ0) is 23.4. The highest BCUT2D eigenvalue weighted by Crippen LogP contribution is 2.34. The van der Waals surface area contributed by atoms with Gasteiger partial charge in [0.1, 0.15) is 5.82 Å². The number of anilines is 4. The SMILES string of the molecule is CCCCCNC1CCN(c2nc(Nc3cc(N)cc(C(F)(F)F)c3)nc3ccccc23)C1.Cl.Cl. The second kappa shape index (κ2) is 12.5. The third-order valence-corrected chi connectivity index (χ3v) is 5.82. The minimum atomic E-state index is -4.49. The van der Waals surface area contributed by atoms with Crippen LogP contribution in [0, 0.1) is 0 Å². The molecule has 3 aromatic rings. The molecule has 2 aromatic carbocycles. The van der Waals surface area contributed by atoms with Crippen LogP contribution in [0.4, 0.5) is 36.3 Å². The first-order valence-corrected chi connectivity index (χ1v) is 11.3. The van der Waals surface area contributed by atoms with Crippen LogP contribution in [0.5, 0.6) is 0 Å². The molecule has 35 heavy (non-hydrogen) atoms. The summed E-state index contributed by atoms with van der Waals surface area (Å²) < 4.78 is 39.6. The number of alkyl halides is 3. The highest BCUT2D eigenvalue weighted by Gasteiger charge is 2.31. The van der Waals surface area contributed by atoms with Gasteiger partial charge < -0.3 is 21.3 Å². The maximum Gasteiger partial charge on any atom is 0.416 e. The molecule has 1 saturated heterocycles. The molecule has 0 saturated carbocycles. The lowest BCUT2D eigenvalue weighted by Crippen LogP contribution is -2.33. The van der Waals surface area contributed by atoms with Gasteiger partial charge in [0.05, 0.1) is 11.1 Å². The molecule has 0 bridgehead atoms. The summed E-state index contributed by atoms with van der Waals surface area (Å²) in [6.45, 7) is 4.86. The van der Waals surface area contributed by atoms with Crippen LogP contribution in [-0.4, -0.2) is 35.6 Å². The molecule has 4 N–H and O–H groups in total. The van der Waals surface area contributed by atoms with Gasteiger partial charge in [0.15, 0.2) is 0 Å². The van der Waals surface area contributed by atoms with E-state index in [2.05, 4.69) is 27.4 Å². The van der Waals surface area contributed by atoms with Gasteiger partial charge in [-0.05, 0) is 49.7 Å². The number of nitrogens with zero attached hydrogens (tertiary/aromatic N) is 3. The van der Waals surface area contributed by atoms with Crippen molar-refractivity contribution in [2.45, 2.75) is 44.8 Å². The molecule has 192 valence electrons. The minimum absolute atomic E-state index is 0. The fraction of sp³-hybridized carbons (Fsp3) is 0.417. The van der Waals surface area contributed by atoms with Gasteiger partial charge in [-0.25, -0.2) is 4.98 Å². The predicted molar refractivity (Wildman–Crippen MR) is 141 cm³/mol. The number of rotatable bonds is 8. The Balaban J connectivity index is 0.00000216. The molecular formula is C24H31Cl2F3N6. The fourth-order valence-electron chi connectivity index (χ4n) is 4.17. The first-order chi connectivity index (χ1) is 15.8. The topological polar surface area (TPSA) is 79.1 Å². The van der Waals surface area contributed by atoms with Crippen LogP contribution in [0.3, 0.4) is 0 Å². The Kier molecular flexibility index (Phi) is 10.2. The summed E-state index contributed by atoms with van der Waals surface area (Å²) in [5, 5.41) is 7.47. The van der Waals surface area contributed by atoms with E-state index in [4.69, 9.17) is 10.7 Å². The third-order valence-electron chi connectivity index (χ3n) is 5.82. The number of nitrogens with one attached hydrogen (secondary N) is 2. The quantitative estimate of drug-likeness (QED) is 0.238. The number of benzene rings is 2. The van der Waals surface area contributed by atoms with Gasteiger partial charge in [0.25, 0.3) is 0 Å². The monoisotopic (exact) mass is 530 g/mol. The number of hydrogen-bond donors (Lipinski definition) is 3. The number of nitrogen functional groups attached to an aromatic ring is 1. The molecule has 11 heteroatoms. The van der Waals surface area contributed by atoms with E-state index in [1.54, 1.807) is 0 Å². The van der Waals surface area contributed by atoms with Crippen LogP contribution in [0.2, 0.25) is 0 Å². The number of halogens is 5. The van der Waals surface area contributed by atoms with E-state index >= 15 is 0 Å². The number of para-hydroxylation sites is 1. The van der Waals surface area contributed by atoms with E-state index in [-0.39, 0.29) is 42.1 Å². The molecule has 1 atom stereocenters. The van der Waals surface area contributed by atoms with E-state index < -0.39 is 11.7 Å². The summed E-state index contributed by atoms with van der Waals surface area (Å²) in [5.41, 5.74) is 5.83. The molecule has 6 nitrogen and oxygen atoms in total. The van der Waals surface area contributed by atoms with Crippen molar-refractivity contribution in [3.05, 3.63) is 48.0 Å². The standard InChI is InChI=1S/C24H29F3N6.2ClH/c1-2-3-6-10-29-18-9-11-33(15-18)22-20-7-4-5-8-21(20)31-23(32-22)30-19-13-16(24(25,26)27)12-17(28)14-19;;/h4-5,7-8,12-14,18,29H,2-3,6,9-11,15,28H2,1H3,(H,30,31,32);2*1H. The molecule has 1 aliphatic heterocycles. The van der Waals surface area contributed by atoms with E-state index in [0.717, 1.165) is 61.3 Å². The van der Waals surface area contributed by atoms with Gasteiger partial charge in [-0.2, -0.15) is 18.2 Å². The number of hydrogen-bond acceptors (Lipinski definition) is 6.